The molecule has 0 spiro atoms. The van der Waals surface area contributed by atoms with E-state index >= 15 is 0 Å². The zero-order chi connectivity index (χ0) is 12.1. The molecule has 5 heteroatoms. The summed E-state index contributed by atoms with van der Waals surface area (Å²) in [7, 11) is -1.75. The highest BCUT2D eigenvalue weighted by Crippen LogP contribution is 2.21. The Balaban J connectivity index is 2.18. The van der Waals surface area contributed by atoms with Crippen LogP contribution in [0.25, 0.3) is 0 Å². The molecule has 0 aliphatic carbocycles. The number of hydrogen-bond donors (Lipinski definition) is 0. The minimum atomic E-state index is -1.75. The van der Waals surface area contributed by atoms with E-state index in [0.29, 0.717) is 26.6 Å². The van der Waals surface area contributed by atoms with Crippen LogP contribution in [0.5, 0.6) is 5.75 Å². The average molecular weight is 254 g/mol. The van der Waals surface area contributed by atoms with Gasteiger partial charge in [0.2, 0.25) is 0 Å². The third kappa shape index (κ3) is 3.07. The number of fused-ring (bicyclic) bond motifs is 1. The first-order chi connectivity index (χ1) is 8.35. The van der Waals surface area contributed by atoms with E-state index in [1.807, 2.05) is 26.0 Å². The molecule has 4 nitrogen and oxygen atoms in total. The van der Waals surface area contributed by atoms with Crippen LogP contribution in [0.3, 0.4) is 0 Å². The fourth-order valence-corrected chi connectivity index (χ4v) is 3.48. The van der Waals surface area contributed by atoms with Crippen LogP contribution in [0.15, 0.2) is 18.2 Å². The Morgan fingerprint density at radius 3 is 2.71 bits per heavy atom. The molecule has 1 heterocycles. The summed E-state index contributed by atoms with van der Waals surface area (Å²) in [6.45, 7) is 6.28. The summed E-state index contributed by atoms with van der Waals surface area (Å²) in [5, 5.41) is 1.14. The van der Waals surface area contributed by atoms with Crippen molar-refractivity contribution in [3.05, 3.63) is 23.8 Å². The highest BCUT2D eigenvalue weighted by atomic mass is 28.3. The Kier molecular flexibility index (Phi) is 4.55. The van der Waals surface area contributed by atoms with E-state index in [9.17, 15) is 0 Å². The van der Waals surface area contributed by atoms with Crippen molar-refractivity contribution in [3.63, 3.8) is 0 Å². The summed E-state index contributed by atoms with van der Waals surface area (Å²) in [6.07, 6.45) is 0. The number of ether oxygens (including phenoxy) is 2. The average Bonchev–Trinajstić information content (AvgIpc) is 2.38. The normalized spacial score (nSPS) is 14.5. The molecule has 94 valence electrons. The SMILES string of the molecule is CCO[SiH](OCC)c1ccc2c(c1)COCO2. The van der Waals surface area contributed by atoms with Crippen LogP contribution in [0.1, 0.15) is 19.4 Å². The lowest BCUT2D eigenvalue weighted by molar-refractivity contribution is -0.0163. The number of hydrogen-bond acceptors (Lipinski definition) is 4. The van der Waals surface area contributed by atoms with Crippen molar-refractivity contribution >= 4 is 14.5 Å². The molecule has 0 aromatic heterocycles. The van der Waals surface area contributed by atoms with E-state index in [4.69, 9.17) is 18.3 Å². The fourth-order valence-electron chi connectivity index (χ4n) is 1.80. The van der Waals surface area contributed by atoms with Gasteiger partial charge in [0.05, 0.1) is 6.61 Å². The van der Waals surface area contributed by atoms with Crippen molar-refractivity contribution in [3.8, 4) is 5.75 Å². The zero-order valence-corrected chi connectivity index (χ0v) is 11.4. The molecule has 17 heavy (non-hydrogen) atoms. The van der Waals surface area contributed by atoms with Gasteiger partial charge in [-0.3, -0.25) is 0 Å². The molecule has 0 saturated carbocycles. The molecule has 0 atom stereocenters. The lowest BCUT2D eigenvalue weighted by Gasteiger charge is -2.20. The zero-order valence-electron chi connectivity index (χ0n) is 10.3. The van der Waals surface area contributed by atoms with Gasteiger partial charge in [-0.1, -0.05) is 6.07 Å². The smallest absolute Gasteiger partial charge is 0.355 e. The Labute approximate surface area is 103 Å². The summed E-state index contributed by atoms with van der Waals surface area (Å²) >= 11 is 0. The molecule has 1 aromatic carbocycles. The second-order valence-electron chi connectivity index (χ2n) is 3.72. The topological polar surface area (TPSA) is 36.9 Å². The van der Waals surface area contributed by atoms with Crippen LogP contribution in [-0.2, 0) is 20.2 Å². The van der Waals surface area contributed by atoms with Gasteiger partial charge < -0.3 is 18.3 Å². The van der Waals surface area contributed by atoms with Crippen LogP contribution in [0.4, 0.5) is 0 Å². The van der Waals surface area contributed by atoms with Crippen molar-refractivity contribution in [2.75, 3.05) is 20.0 Å². The molecule has 2 rings (SSSR count). The monoisotopic (exact) mass is 254 g/mol. The molecule has 1 aliphatic rings. The molecule has 0 radical (unpaired) electrons. The Bertz CT molecular complexity index is 364. The first kappa shape index (κ1) is 12.6. The quantitative estimate of drug-likeness (QED) is 0.736. The Morgan fingerprint density at radius 1 is 1.24 bits per heavy atom. The highest BCUT2D eigenvalue weighted by Gasteiger charge is 2.19. The molecule has 0 amide bonds. The van der Waals surface area contributed by atoms with E-state index in [2.05, 4.69) is 6.07 Å². The van der Waals surface area contributed by atoms with E-state index in [0.717, 1.165) is 16.5 Å². The minimum Gasteiger partial charge on any atom is -0.467 e. The molecule has 0 fully saturated rings. The maximum absolute atomic E-state index is 5.69. The molecule has 0 unspecified atom stereocenters. The Morgan fingerprint density at radius 2 is 2.00 bits per heavy atom. The van der Waals surface area contributed by atoms with Crippen LogP contribution < -0.4 is 9.92 Å². The number of benzene rings is 1. The van der Waals surface area contributed by atoms with Gasteiger partial charge >= 0.3 is 9.28 Å². The maximum Gasteiger partial charge on any atom is 0.355 e. The van der Waals surface area contributed by atoms with Crippen LogP contribution in [0.2, 0.25) is 0 Å². The van der Waals surface area contributed by atoms with Gasteiger partial charge in [0, 0.05) is 18.8 Å². The van der Waals surface area contributed by atoms with Crippen molar-refractivity contribution in [1.82, 2.24) is 0 Å². The first-order valence-electron chi connectivity index (χ1n) is 5.91. The predicted molar refractivity (Wildman–Crippen MR) is 66.8 cm³/mol. The second-order valence-corrected chi connectivity index (χ2v) is 5.72. The van der Waals surface area contributed by atoms with E-state index in [1.165, 1.54) is 0 Å². The third-order valence-corrected chi connectivity index (χ3v) is 4.72. The van der Waals surface area contributed by atoms with Gasteiger partial charge in [-0.05, 0) is 31.2 Å². The van der Waals surface area contributed by atoms with E-state index in [-0.39, 0.29) is 0 Å². The summed E-state index contributed by atoms with van der Waals surface area (Å²) in [6, 6.07) is 6.09. The summed E-state index contributed by atoms with van der Waals surface area (Å²) < 4.78 is 22.0. The molecule has 0 N–H and O–H groups in total. The van der Waals surface area contributed by atoms with Gasteiger partial charge in [-0.2, -0.15) is 0 Å². The summed E-state index contributed by atoms with van der Waals surface area (Å²) in [5.74, 6) is 0.903. The fraction of sp³-hybridized carbons (Fsp3) is 0.500. The van der Waals surface area contributed by atoms with Crippen molar-refractivity contribution in [2.24, 2.45) is 0 Å². The summed E-state index contributed by atoms with van der Waals surface area (Å²) in [5.41, 5.74) is 1.07. The van der Waals surface area contributed by atoms with Crippen molar-refractivity contribution in [2.45, 2.75) is 20.5 Å². The van der Waals surface area contributed by atoms with Crippen molar-refractivity contribution < 1.29 is 18.3 Å². The molecular formula is C12H18O4Si. The third-order valence-electron chi connectivity index (χ3n) is 2.55. The Hall–Kier alpha value is -0.883. The van der Waals surface area contributed by atoms with Gasteiger partial charge in [-0.15, -0.1) is 0 Å². The van der Waals surface area contributed by atoms with Gasteiger partial charge in [0.1, 0.15) is 5.75 Å². The standard InChI is InChI=1S/C12H18O4Si/c1-3-15-17(16-4-2)11-5-6-12-10(7-11)8-13-9-14-12/h5-7,17H,3-4,8-9H2,1-2H3. The predicted octanol–water partition coefficient (Wildman–Crippen LogP) is 1.05. The summed E-state index contributed by atoms with van der Waals surface area (Å²) in [4.78, 5) is 0. The minimum absolute atomic E-state index is 0.337. The van der Waals surface area contributed by atoms with E-state index < -0.39 is 9.28 Å². The molecular weight excluding hydrogens is 236 g/mol. The van der Waals surface area contributed by atoms with Crippen LogP contribution in [0, 0.1) is 0 Å². The molecule has 1 aliphatic heterocycles. The molecule has 0 bridgehead atoms. The van der Waals surface area contributed by atoms with Gasteiger partial charge in [-0.25, -0.2) is 0 Å². The molecule has 0 saturated heterocycles. The maximum atomic E-state index is 5.69. The van der Waals surface area contributed by atoms with Crippen molar-refractivity contribution in [1.29, 1.82) is 0 Å². The van der Waals surface area contributed by atoms with Gasteiger partial charge in [0.25, 0.3) is 0 Å². The second kappa shape index (κ2) is 6.16. The van der Waals surface area contributed by atoms with E-state index in [1.54, 1.807) is 0 Å². The number of rotatable bonds is 5. The van der Waals surface area contributed by atoms with Crippen LogP contribution >= 0.6 is 0 Å². The molecule has 1 aromatic rings. The van der Waals surface area contributed by atoms with Crippen LogP contribution in [-0.4, -0.2) is 29.3 Å². The highest BCUT2D eigenvalue weighted by molar-refractivity contribution is 6.61. The lowest BCUT2D eigenvalue weighted by atomic mass is 10.2. The first-order valence-corrected chi connectivity index (χ1v) is 7.43. The largest absolute Gasteiger partial charge is 0.467 e. The van der Waals surface area contributed by atoms with Gasteiger partial charge in [0.15, 0.2) is 6.79 Å². The lowest BCUT2D eigenvalue weighted by Crippen LogP contribution is -2.37.